The smallest absolute Gasteiger partial charge is 0.161 e. The maximum atomic E-state index is 6.36. The minimum absolute atomic E-state index is 0.133. The molecule has 3 rings (SSSR count). The third-order valence-corrected chi connectivity index (χ3v) is 3.95. The van der Waals surface area contributed by atoms with Crippen molar-refractivity contribution in [3.63, 3.8) is 0 Å². The lowest BCUT2D eigenvalue weighted by Crippen LogP contribution is -2.12. The van der Waals surface area contributed by atoms with Gasteiger partial charge in [0.15, 0.2) is 11.5 Å². The average molecular weight is 253 g/mol. The van der Waals surface area contributed by atoms with Crippen molar-refractivity contribution in [2.24, 2.45) is 5.92 Å². The van der Waals surface area contributed by atoms with Crippen LogP contribution in [0.25, 0.3) is 0 Å². The van der Waals surface area contributed by atoms with Crippen molar-refractivity contribution in [1.29, 1.82) is 0 Å². The molecule has 2 unspecified atom stereocenters. The van der Waals surface area contributed by atoms with Crippen LogP contribution in [0.5, 0.6) is 11.5 Å². The maximum absolute atomic E-state index is 6.36. The Morgan fingerprint density at radius 2 is 1.88 bits per heavy atom. The fourth-order valence-corrected chi connectivity index (χ4v) is 2.85. The summed E-state index contributed by atoms with van der Waals surface area (Å²) in [7, 11) is 0. The van der Waals surface area contributed by atoms with E-state index in [-0.39, 0.29) is 5.38 Å². The van der Waals surface area contributed by atoms with Gasteiger partial charge in [0.1, 0.15) is 0 Å². The third kappa shape index (κ3) is 2.11. The molecule has 92 valence electrons. The lowest BCUT2D eigenvalue weighted by atomic mass is 9.91. The fourth-order valence-electron chi connectivity index (χ4n) is 2.49. The number of fused-ring (bicyclic) bond motifs is 2. The quantitative estimate of drug-likeness (QED) is 0.656. The van der Waals surface area contributed by atoms with Crippen LogP contribution in [0.4, 0.5) is 0 Å². The highest BCUT2D eigenvalue weighted by molar-refractivity contribution is 6.21. The van der Waals surface area contributed by atoms with Gasteiger partial charge in [0.2, 0.25) is 0 Å². The number of hydrogen-bond donors (Lipinski definition) is 0. The number of ether oxygens (including phenoxy) is 2. The maximum Gasteiger partial charge on any atom is 0.161 e. The minimum atomic E-state index is 0.133. The zero-order chi connectivity index (χ0) is 11.8. The molecular formula is C14H17ClO2. The van der Waals surface area contributed by atoms with E-state index in [1.807, 2.05) is 0 Å². The Labute approximate surface area is 107 Å². The Morgan fingerprint density at radius 1 is 1.18 bits per heavy atom. The second-order valence-corrected chi connectivity index (χ2v) is 5.61. The number of hydrogen-bond acceptors (Lipinski definition) is 2. The number of alkyl halides is 1. The van der Waals surface area contributed by atoms with Crippen molar-refractivity contribution >= 4 is 11.6 Å². The monoisotopic (exact) mass is 252 g/mol. The summed E-state index contributed by atoms with van der Waals surface area (Å²) >= 11 is 6.36. The van der Waals surface area contributed by atoms with Crippen molar-refractivity contribution in [1.82, 2.24) is 0 Å². The second-order valence-electron chi connectivity index (χ2n) is 5.08. The molecule has 1 aliphatic carbocycles. The van der Waals surface area contributed by atoms with E-state index in [2.05, 4.69) is 19.1 Å². The number of benzene rings is 1. The van der Waals surface area contributed by atoms with E-state index in [1.54, 1.807) is 0 Å². The summed E-state index contributed by atoms with van der Waals surface area (Å²) in [5, 5.41) is 0.133. The number of halogens is 1. The van der Waals surface area contributed by atoms with E-state index in [9.17, 15) is 0 Å². The first-order valence-electron chi connectivity index (χ1n) is 6.30. The van der Waals surface area contributed by atoms with Crippen molar-refractivity contribution in [3.8, 4) is 11.5 Å². The normalized spacial score (nSPS) is 27.2. The molecular weight excluding hydrogens is 236 g/mol. The molecule has 1 aromatic carbocycles. The van der Waals surface area contributed by atoms with Crippen LogP contribution in [0.3, 0.4) is 0 Å². The van der Waals surface area contributed by atoms with Crippen LogP contribution in [0, 0.1) is 5.92 Å². The molecule has 1 heterocycles. The van der Waals surface area contributed by atoms with E-state index < -0.39 is 0 Å². The molecule has 2 atom stereocenters. The molecule has 0 radical (unpaired) electrons. The molecule has 17 heavy (non-hydrogen) atoms. The summed E-state index contributed by atoms with van der Waals surface area (Å²) in [6, 6.07) is 4.21. The summed E-state index contributed by atoms with van der Waals surface area (Å²) < 4.78 is 11.6. The Bertz CT molecular complexity index is 430. The highest BCUT2D eigenvalue weighted by Gasteiger charge is 2.23. The van der Waals surface area contributed by atoms with Crippen LogP contribution in [-0.4, -0.2) is 13.2 Å². The first kappa shape index (κ1) is 11.2. The summed E-state index contributed by atoms with van der Waals surface area (Å²) in [6.07, 6.45) is 3.33. The highest BCUT2D eigenvalue weighted by atomic mass is 35.5. The third-order valence-electron chi connectivity index (χ3n) is 3.49. The molecule has 2 aliphatic rings. The van der Waals surface area contributed by atoms with Gasteiger partial charge in [-0.2, -0.15) is 0 Å². The van der Waals surface area contributed by atoms with Crippen molar-refractivity contribution in [3.05, 3.63) is 23.3 Å². The van der Waals surface area contributed by atoms with E-state index >= 15 is 0 Å². The number of aryl methyl sites for hydroxylation is 1. The molecule has 1 aromatic rings. The topological polar surface area (TPSA) is 18.5 Å². The summed E-state index contributed by atoms with van der Waals surface area (Å²) in [5.74, 6) is 2.19. The van der Waals surface area contributed by atoms with Crippen LogP contribution in [0.1, 0.15) is 36.3 Å². The summed E-state index contributed by atoms with van der Waals surface area (Å²) in [5.41, 5.74) is 2.56. The predicted octanol–water partition coefficient (Wildman–Crippen LogP) is 3.71. The van der Waals surface area contributed by atoms with Gasteiger partial charge in [-0.1, -0.05) is 6.92 Å². The van der Waals surface area contributed by atoms with E-state index in [0.717, 1.165) is 44.0 Å². The predicted molar refractivity (Wildman–Crippen MR) is 68.1 cm³/mol. The van der Waals surface area contributed by atoms with Gasteiger partial charge in [-0.25, -0.2) is 0 Å². The van der Waals surface area contributed by atoms with Gasteiger partial charge in [-0.3, -0.25) is 0 Å². The Balaban J connectivity index is 2.00. The van der Waals surface area contributed by atoms with E-state index in [1.165, 1.54) is 11.1 Å². The van der Waals surface area contributed by atoms with Crippen LogP contribution >= 0.6 is 11.6 Å². The lowest BCUT2D eigenvalue weighted by molar-refractivity contribution is 0.228. The Kier molecular flexibility index (Phi) is 2.91. The molecule has 0 amide bonds. The van der Waals surface area contributed by atoms with Gasteiger partial charge in [0.25, 0.3) is 0 Å². The molecule has 0 N–H and O–H groups in total. The second kappa shape index (κ2) is 4.41. The first-order valence-corrected chi connectivity index (χ1v) is 6.74. The summed E-state index contributed by atoms with van der Waals surface area (Å²) in [6.45, 7) is 3.59. The highest BCUT2D eigenvalue weighted by Crippen LogP contribution is 2.41. The molecule has 1 aliphatic heterocycles. The first-order chi connectivity index (χ1) is 8.24. The van der Waals surface area contributed by atoms with Crippen LogP contribution in [0.15, 0.2) is 12.1 Å². The van der Waals surface area contributed by atoms with Gasteiger partial charge in [-0.15, -0.1) is 11.6 Å². The molecule has 0 spiro atoms. The molecule has 2 nitrogen and oxygen atoms in total. The molecule has 0 bridgehead atoms. The SMILES string of the molecule is CC1COc2cc3c(cc2OC1)C(Cl)CCC3. The Hall–Kier alpha value is -0.890. The molecule has 0 fully saturated rings. The largest absolute Gasteiger partial charge is 0.489 e. The van der Waals surface area contributed by atoms with E-state index in [0.29, 0.717) is 5.92 Å². The zero-order valence-electron chi connectivity index (χ0n) is 10.0. The number of rotatable bonds is 0. The van der Waals surface area contributed by atoms with Gasteiger partial charge in [0.05, 0.1) is 18.6 Å². The lowest BCUT2D eigenvalue weighted by Gasteiger charge is -2.22. The fraction of sp³-hybridized carbons (Fsp3) is 0.571. The van der Waals surface area contributed by atoms with Gasteiger partial charge in [-0.05, 0) is 42.5 Å². The molecule has 0 saturated heterocycles. The zero-order valence-corrected chi connectivity index (χ0v) is 10.8. The molecule has 0 saturated carbocycles. The van der Waals surface area contributed by atoms with Crippen molar-refractivity contribution in [2.75, 3.05) is 13.2 Å². The van der Waals surface area contributed by atoms with Crippen molar-refractivity contribution in [2.45, 2.75) is 31.6 Å². The van der Waals surface area contributed by atoms with Gasteiger partial charge in [0, 0.05) is 5.92 Å². The standard InChI is InChI=1S/C14H17ClO2/c1-9-7-16-13-5-10-3-2-4-12(15)11(10)6-14(13)17-8-9/h5-6,9,12H,2-4,7-8H2,1H3. The van der Waals surface area contributed by atoms with Crippen molar-refractivity contribution < 1.29 is 9.47 Å². The van der Waals surface area contributed by atoms with Crippen LogP contribution < -0.4 is 9.47 Å². The van der Waals surface area contributed by atoms with Gasteiger partial charge < -0.3 is 9.47 Å². The summed E-state index contributed by atoms with van der Waals surface area (Å²) in [4.78, 5) is 0. The van der Waals surface area contributed by atoms with Crippen LogP contribution in [0.2, 0.25) is 0 Å². The van der Waals surface area contributed by atoms with E-state index in [4.69, 9.17) is 21.1 Å². The molecule has 0 aromatic heterocycles. The Morgan fingerprint density at radius 3 is 2.65 bits per heavy atom. The average Bonchev–Trinajstić information content (AvgIpc) is 2.51. The van der Waals surface area contributed by atoms with Crippen LogP contribution in [-0.2, 0) is 6.42 Å². The van der Waals surface area contributed by atoms with Gasteiger partial charge >= 0.3 is 0 Å². The minimum Gasteiger partial charge on any atom is -0.489 e. The molecule has 3 heteroatoms.